The number of carbonyl (C=O) groups is 2. The van der Waals surface area contributed by atoms with E-state index in [1.807, 2.05) is 19.1 Å². The van der Waals surface area contributed by atoms with Crippen LogP contribution in [0.2, 0.25) is 0 Å². The number of nitrogens with one attached hydrogen (secondary N) is 1. The molecule has 0 aliphatic carbocycles. The lowest BCUT2D eigenvalue weighted by Crippen LogP contribution is -2.34. The van der Waals surface area contributed by atoms with Gasteiger partial charge in [-0.15, -0.1) is 0 Å². The first-order chi connectivity index (χ1) is 8.70. The molecule has 90 valence electrons. The van der Waals surface area contributed by atoms with Crippen LogP contribution >= 0.6 is 0 Å². The molecule has 1 N–H and O–H groups in total. The summed E-state index contributed by atoms with van der Waals surface area (Å²) in [7, 11) is 0. The van der Waals surface area contributed by atoms with E-state index in [-0.39, 0.29) is 11.8 Å². The van der Waals surface area contributed by atoms with Crippen molar-refractivity contribution in [2.45, 2.75) is 6.92 Å². The third kappa shape index (κ3) is 1.46. The number of amides is 2. The molecule has 0 saturated heterocycles. The molecule has 2 aromatic rings. The molecule has 3 rings (SSSR count). The predicted octanol–water partition coefficient (Wildman–Crippen LogP) is 2.12. The van der Waals surface area contributed by atoms with Crippen LogP contribution in [0.15, 0.2) is 30.3 Å². The van der Waals surface area contributed by atoms with Gasteiger partial charge in [-0.25, -0.2) is 0 Å². The van der Waals surface area contributed by atoms with Crippen molar-refractivity contribution in [2.75, 3.05) is 6.61 Å². The Kier molecular flexibility index (Phi) is 2.30. The van der Waals surface area contributed by atoms with Crippen molar-refractivity contribution in [3.63, 3.8) is 0 Å². The van der Waals surface area contributed by atoms with Crippen LogP contribution in [-0.2, 0) is 0 Å². The fourth-order valence-corrected chi connectivity index (χ4v) is 2.26. The van der Waals surface area contributed by atoms with Gasteiger partial charge in [-0.3, -0.25) is 14.9 Å². The number of ether oxygens (including phenoxy) is 1. The van der Waals surface area contributed by atoms with E-state index in [0.717, 1.165) is 5.39 Å². The van der Waals surface area contributed by atoms with E-state index in [2.05, 4.69) is 5.32 Å². The molecule has 0 fully saturated rings. The van der Waals surface area contributed by atoms with Crippen LogP contribution in [-0.4, -0.2) is 18.4 Å². The maximum Gasteiger partial charge on any atom is 0.258 e. The van der Waals surface area contributed by atoms with Crippen LogP contribution in [0.25, 0.3) is 10.8 Å². The summed E-state index contributed by atoms with van der Waals surface area (Å²) in [5, 5.41) is 3.88. The summed E-state index contributed by atoms with van der Waals surface area (Å²) < 4.78 is 5.43. The minimum atomic E-state index is -0.370. The molecule has 0 radical (unpaired) electrons. The molecule has 2 aromatic carbocycles. The van der Waals surface area contributed by atoms with Gasteiger partial charge in [-0.1, -0.05) is 12.1 Å². The van der Waals surface area contributed by atoms with Gasteiger partial charge in [0.25, 0.3) is 11.8 Å². The molecule has 1 aliphatic rings. The molecular weight excluding hydrogens is 230 g/mol. The van der Waals surface area contributed by atoms with Gasteiger partial charge in [0.05, 0.1) is 12.2 Å². The van der Waals surface area contributed by atoms with Gasteiger partial charge in [-0.2, -0.15) is 0 Å². The van der Waals surface area contributed by atoms with Gasteiger partial charge in [0.1, 0.15) is 5.75 Å². The van der Waals surface area contributed by atoms with E-state index in [0.29, 0.717) is 28.9 Å². The minimum absolute atomic E-state index is 0.345. The lowest BCUT2D eigenvalue weighted by molar-refractivity contribution is 0.0844. The summed E-state index contributed by atoms with van der Waals surface area (Å²) in [4.78, 5) is 23.6. The van der Waals surface area contributed by atoms with E-state index >= 15 is 0 Å². The van der Waals surface area contributed by atoms with Crippen molar-refractivity contribution in [3.05, 3.63) is 41.5 Å². The predicted molar refractivity (Wildman–Crippen MR) is 66.9 cm³/mol. The Labute approximate surface area is 104 Å². The molecule has 1 heterocycles. The lowest BCUT2D eigenvalue weighted by Gasteiger charge is -2.17. The smallest absolute Gasteiger partial charge is 0.258 e. The van der Waals surface area contributed by atoms with Crippen molar-refractivity contribution in [2.24, 2.45) is 0 Å². The highest BCUT2D eigenvalue weighted by molar-refractivity contribution is 6.25. The first kappa shape index (κ1) is 10.8. The summed E-state index contributed by atoms with van der Waals surface area (Å²) in [6.45, 7) is 2.42. The average molecular weight is 241 g/mol. The lowest BCUT2D eigenvalue weighted by atomic mass is 9.95. The van der Waals surface area contributed by atoms with Gasteiger partial charge >= 0.3 is 0 Å². The Bertz CT molecular complexity index is 676. The highest BCUT2D eigenvalue weighted by Gasteiger charge is 2.25. The third-order valence-corrected chi connectivity index (χ3v) is 2.98. The van der Waals surface area contributed by atoms with E-state index in [1.54, 1.807) is 18.2 Å². The zero-order valence-electron chi connectivity index (χ0n) is 9.82. The largest absolute Gasteiger partial charge is 0.494 e. The van der Waals surface area contributed by atoms with Crippen molar-refractivity contribution in [1.82, 2.24) is 5.32 Å². The molecule has 0 bridgehead atoms. The second-order valence-corrected chi connectivity index (χ2v) is 4.09. The normalized spacial score (nSPS) is 13.6. The number of benzene rings is 2. The first-order valence-corrected chi connectivity index (χ1v) is 5.76. The Morgan fingerprint density at radius 2 is 1.89 bits per heavy atom. The van der Waals surface area contributed by atoms with Crippen molar-refractivity contribution >= 4 is 22.6 Å². The van der Waals surface area contributed by atoms with Crippen LogP contribution in [0.3, 0.4) is 0 Å². The van der Waals surface area contributed by atoms with Crippen LogP contribution in [0, 0.1) is 0 Å². The van der Waals surface area contributed by atoms with Gasteiger partial charge in [0.2, 0.25) is 0 Å². The standard InChI is InChI=1S/C14H11NO3/c1-2-18-9-6-8-4-3-5-10-12(8)11(7-9)14(17)15-13(10)16/h3-7H,2H2,1H3,(H,15,16,17). The molecule has 0 atom stereocenters. The van der Waals surface area contributed by atoms with Crippen molar-refractivity contribution < 1.29 is 14.3 Å². The number of hydrogen-bond acceptors (Lipinski definition) is 3. The van der Waals surface area contributed by atoms with Gasteiger partial charge in [-0.05, 0) is 30.5 Å². The fourth-order valence-electron chi connectivity index (χ4n) is 2.26. The molecule has 1 aliphatic heterocycles. The number of imide groups is 1. The Morgan fingerprint density at radius 1 is 1.11 bits per heavy atom. The summed E-state index contributed by atoms with van der Waals surface area (Å²) in [6, 6.07) is 8.91. The quantitative estimate of drug-likeness (QED) is 0.819. The van der Waals surface area contributed by atoms with Gasteiger partial charge in [0.15, 0.2) is 0 Å². The van der Waals surface area contributed by atoms with E-state index in [1.165, 1.54) is 0 Å². The molecule has 0 unspecified atom stereocenters. The maximum atomic E-state index is 11.9. The number of rotatable bonds is 2. The van der Waals surface area contributed by atoms with E-state index in [4.69, 9.17) is 4.74 Å². The number of carbonyl (C=O) groups excluding carboxylic acids is 2. The molecule has 4 nitrogen and oxygen atoms in total. The molecule has 0 saturated carbocycles. The summed E-state index contributed by atoms with van der Waals surface area (Å²) >= 11 is 0. The fraction of sp³-hybridized carbons (Fsp3) is 0.143. The van der Waals surface area contributed by atoms with Gasteiger partial charge < -0.3 is 4.74 Å². The molecular formula is C14H11NO3. The summed E-state index contributed by atoms with van der Waals surface area (Å²) in [6.07, 6.45) is 0. The Hall–Kier alpha value is -2.36. The summed E-state index contributed by atoms with van der Waals surface area (Å²) in [5.41, 5.74) is 1.02. The van der Waals surface area contributed by atoms with Gasteiger partial charge in [0, 0.05) is 10.9 Å². The van der Waals surface area contributed by atoms with Crippen molar-refractivity contribution in [1.29, 1.82) is 0 Å². The van der Waals surface area contributed by atoms with E-state index in [9.17, 15) is 9.59 Å². The van der Waals surface area contributed by atoms with Crippen LogP contribution in [0.1, 0.15) is 27.6 Å². The summed E-state index contributed by atoms with van der Waals surface area (Å²) in [5.74, 6) is -0.0749. The van der Waals surface area contributed by atoms with Crippen LogP contribution in [0.4, 0.5) is 0 Å². The zero-order chi connectivity index (χ0) is 12.7. The highest BCUT2D eigenvalue weighted by Crippen LogP contribution is 2.30. The first-order valence-electron chi connectivity index (χ1n) is 5.76. The highest BCUT2D eigenvalue weighted by atomic mass is 16.5. The minimum Gasteiger partial charge on any atom is -0.494 e. The molecule has 4 heteroatoms. The zero-order valence-corrected chi connectivity index (χ0v) is 9.82. The van der Waals surface area contributed by atoms with Crippen LogP contribution in [0.5, 0.6) is 5.75 Å². The monoisotopic (exact) mass is 241 g/mol. The molecule has 18 heavy (non-hydrogen) atoms. The number of hydrogen-bond donors (Lipinski definition) is 1. The van der Waals surface area contributed by atoms with E-state index < -0.39 is 0 Å². The molecule has 0 spiro atoms. The topological polar surface area (TPSA) is 55.4 Å². The molecule has 2 amide bonds. The Balaban J connectivity index is 2.37. The second-order valence-electron chi connectivity index (χ2n) is 4.09. The van der Waals surface area contributed by atoms with Crippen molar-refractivity contribution in [3.8, 4) is 5.75 Å². The third-order valence-electron chi connectivity index (χ3n) is 2.98. The SMILES string of the molecule is CCOc1cc2c3c(cccc3c1)C(=O)NC2=O. The Morgan fingerprint density at radius 3 is 2.67 bits per heavy atom. The maximum absolute atomic E-state index is 11.9. The second kappa shape index (κ2) is 3.84. The molecule has 0 aromatic heterocycles. The average Bonchev–Trinajstić information content (AvgIpc) is 2.36. The van der Waals surface area contributed by atoms with Crippen LogP contribution < -0.4 is 10.1 Å².